The zero-order valence-corrected chi connectivity index (χ0v) is 16.8. The van der Waals surface area contributed by atoms with Gasteiger partial charge in [0.05, 0.1) is 12.3 Å². The van der Waals surface area contributed by atoms with Gasteiger partial charge >= 0.3 is 5.97 Å². The predicted octanol–water partition coefficient (Wildman–Crippen LogP) is 4.83. The Morgan fingerprint density at radius 1 is 1.27 bits per heavy atom. The largest absolute Gasteiger partial charge is 0.504 e. The number of phenols is 1. The Bertz CT molecular complexity index is 1140. The quantitative estimate of drug-likeness (QED) is 0.542. The van der Waals surface area contributed by atoms with Crippen LogP contribution in [0.1, 0.15) is 39.4 Å². The van der Waals surface area contributed by atoms with E-state index in [1.165, 1.54) is 30.3 Å². The van der Waals surface area contributed by atoms with Crippen molar-refractivity contribution in [3.63, 3.8) is 0 Å². The third-order valence-electron chi connectivity index (χ3n) is 4.92. The maximum Gasteiger partial charge on any atom is 0.346 e. The van der Waals surface area contributed by atoms with Crippen LogP contribution in [0.15, 0.2) is 42.5 Å². The fraction of sp³-hybridized carbons (Fsp3) is 0.182. The molecule has 3 N–H and O–H groups in total. The molecule has 2 aromatic carbocycles. The summed E-state index contributed by atoms with van der Waals surface area (Å²) in [7, 11) is 0. The fourth-order valence-corrected chi connectivity index (χ4v) is 4.86. The molecule has 0 spiro atoms. The summed E-state index contributed by atoms with van der Waals surface area (Å²) in [4.78, 5) is 25.2. The summed E-state index contributed by atoms with van der Waals surface area (Å²) >= 11 is 1.09. The number of benzene rings is 2. The molecule has 2 heterocycles. The number of amides is 1. The van der Waals surface area contributed by atoms with Crippen LogP contribution in [0.2, 0.25) is 0 Å². The lowest BCUT2D eigenvalue weighted by Crippen LogP contribution is -2.22. The lowest BCUT2D eigenvalue weighted by atomic mass is 9.88. The van der Waals surface area contributed by atoms with Crippen molar-refractivity contribution < 1.29 is 28.9 Å². The van der Waals surface area contributed by atoms with Gasteiger partial charge in [-0.15, -0.1) is 11.3 Å². The van der Waals surface area contributed by atoms with Gasteiger partial charge in [-0.25, -0.2) is 9.18 Å². The van der Waals surface area contributed by atoms with Crippen LogP contribution in [-0.4, -0.2) is 28.7 Å². The van der Waals surface area contributed by atoms with E-state index in [9.17, 15) is 24.2 Å². The first-order valence-electron chi connectivity index (χ1n) is 9.30. The molecule has 0 fully saturated rings. The highest BCUT2D eigenvalue weighted by Gasteiger charge is 2.34. The van der Waals surface area contributed by atoms with Gasteiger partial charge < -0.3 is 20.3 Å². The van der Waals surface area contributed by atoms with E-state index in [-0.39, 0.29) is 23.0 Å². The molecule has 1 aliphatic rings. The van der Waals surface area contributed by atoms with Crippen LogP contribution in [0, 0.1) is 5.82 Å². The number of ether oxygens (including phenoxy) is 1. The number of anilines is 1. The van der Waals surface area contributed by atoms with Crippen molar-refractivity contribution in [1.29, 1.82) is 0 Å². The highest BCUT2D eigenvalue weighted by molar-refractivity contribution is 7.15. The van der Waals surface area contributed by atoms with Crippen LogP contribution in [0.4, 0.5) is 10.1 Å². The second-order valence-corrected chi connectivity index (χ2v) is 7.87. The van der Waals surface area contributed by atoms with Gasteiger partial charge in [-0.3, -0.25) is 4.79 Å². The van der Waals surface area contributed by atoms with E-state index in [0.717, 1.165) is 16.9 Å². The van der Waals surface area contributed by atoms with Crippen LogP contribution in [-0.2, 0) is 4.79 Å². The summed E-state index contributed by atoms with van der Waals surface area (Å²) < 4.78 is 18.8. The van der Waals surface area contributed by atoms with E-state index < -0.39 is 17.7 Å². The molecule has 0 radical (unpaired) electrons. The lowest BCUT2D eigenvalue weighted by molar-refractivity contribution is -0.116. The maximum atomic E-state index is 13.4. The number of fused-ring (bicyclic) bond motifs is 1. The number of rotatable bonds is 5. The lowest BCUT2D eigenvalue weighted by Gasteiger charge is -2.24. The Hall–Kier alpha value is -3.39. The fourth-order valence-electron chi connectivity index (χ4n) is 3.62. The normalized spacial score (nSPS) is 15.4. The van der Waals surface area contributed by atoms with Crippen molar-refractivity contribution >= 4 is 28.9 Å². The van der Waals surface area contributed by atoms with Gasteiger partial charge in [0.15, 0.2) is 11.5 Å². The van der Waals surface area contributed by atoms with Crippen molar-refractivity contribution in [3.05, 3.63) is 63.6 Å². The summed E-state index contributed by atoms with van der Waals surface area (Å²) in [6.07, 6.45) is 0.131. The molecular formula is C22H18FNO5S. The monoisotopic (exact) mass is 427 g/mol. The van der Waals surface area contributed by atoms with Crippen LogP contribution in [0.5, 0.6) is 11.5 Å². The number of carboxylic acids is 1. The average Bonchev–Trinajstić information content (AvgIpc) is 3.09. The molecule has 8 heteroatoms. The molecular weight excluding hydrogens is 409 g/mol. The highest BCUT2D eigenvalue weighted by Crippen LogP contribution is 2.50. The van der Waals surface area contributed by atoms with Crippen molar-refractivity contribution in [3.8, 4) is 22.6 Å². The number of carboxylic acid groups (broad SMARTS) is 1. The van der Waals surface area contributed by atoms with E-state index in [2.05, 4.69) is 5.32 Å². The first-order valence-corrected chi connectivity index (χ1v) is 10.1. The standard InChI is InChI=1S/C22H18FNO5S/c1-2-29-16-9-12(5-8-15(16)25)14-10-17(26)24-19-18(11-3-6-13(23)7-4-11)21(22(27)28)30-20(14)19/h3-9,14,25H,2,10H2,1H3,(H,24,26)(H,27,28)/t14-/m1/s1. The van der Waals surface area contributed by atoms with Gasteiger partial charge in [0.1, 0.15) is 10.7 Å². The van der Waals surface area contributed by atoms with Gasteiger partial charge in [0.2, 0.25) is 5.91 Å². The third-order valence-corrected chi connectivity index (χ3v) is 6.21. The highest BCUT2D eigenvalue weighted by atomic mass is 32.1. The Labute approximate surface area is 175 Å². The minimum Gasteiger partial charge on any atom is -0.504 e. The average molecular weight is 427 g/mol. The molecule has 0 unspecified atom stereocenters. The molecule has 1 atom stereocenters. The summed E-state index contributed by atoms with van der Waals surface area (Å²) in [6.45, 7) is 2.16. The van der Waals surface area contributed by atoms with E-state index in [4.69, 9.17) is 4.74 Å². The molecule has 4 rings (SSSR count). The molecule has 1 amide bonds. The maximum absolute atomic E-state index is 13.4. The number of aromatic carboxylic acids is 1. The second-order valence-electron chi connectivity index (χ2n) is 6.82. The smallest absolute Gasteiger partial charge is 0.346 e. The zero-order chi connectivity index (χ0) is 21.4. The Balaban J connectivity index is 1.89. The van der Waals surface area contributed by atoms with Crippen molar-refractivity contribution in [2.24, 2.45) is 0 Å². The topological polar surface area (TPSA) is 95.9 Å². The first-order chi connectivity index (χ1) is 14.4. The van der Waals surface area contributed by atoms with E-state index >= 15 is 0 Å². The number of hydrogen-bond acceptors (Lipinski definition) is 5. The van der Waals surface area contributed by atoms with E-state index in [0.29, 0.717) is 34.0 Å². The summed E-state index contributed by atoms with van der Waals surface area (Å²) in [6, 6.07) is 10.4. The number of thiophene rings is 1. The Morgan fingerprint density at radius 3 is 2.67 bits per heavy atom. The third kappa shape index (κ3) is 3.50. The molecule has 30 heavy (non-hydrogen) atoms. The molecule has 154 valence electrons. The van der Waals surface area contributed by atoms with E-state index in [1.54, 1.807) is 19.1 Å². The number of carbonyl (C=O) groups excluding carboxylic acids is 1. The molecule has 1 aliphatic heterocycles. The number of carbonyl (C=O) groups is 2. The molecule has 0 aliphatic carbocycles. The van der Waals surface area contributed by atoms with Gasteiger partial charge in [0.25, 0.3) is 0 Å². The van der Waals surface area contributed by atoms with Crippen molar-refractivity contribution in [2.75, 3.05) is 11.9 Å². The van der Waals surface area contributed by atoms with Crippen LogP contribution >= 0.6 is 11.3 Å². The predicted molar refractivity (Wildman–Crippen MR) is 111 cm³/mol. The number of halogens is 1. The molecule has 3 aromatic rings. The van der Waals surface area contributed by atoms with Crippen molar-refractivity contribution in [2.45, 2.75) is 19.3 Å². The van der Waals surface area contributed by atoms with Gasteiger partial charge in [0, 0.05) is 22.8 Å². The van der Waals surface area contributed by atoms with Gasteiger partial charge in [-0.2, -0.15) is 0 Å². The van der Waals surface area contributed by atoms with Crippen LogP contribution < -0.4 is 10.1 Å². The minimum atomic E-state index is -1.12. The molecule has 6 nitrogen and oxygen atoms in total. The Kier molecular flexibility index (Phi) is 5.17. The minimum absolute atomic E-state index is 0.00881. The SMILES string of the molecule is CCOc1cc([C@H]2CC(=O)Nc3c2sc(C(=O)O)c3-c2ccc(F)cc2)ccc1O. The first kappa shape index (κ1) is 19.9. The molecule has 0 bridgehead atoms. The number of aromatic hydroxyl groups is 1. The molecule has 0 saturated carbocycles. The summed E-state index contributed by atoms with van der Waals surface area (Å²) in [5.74, 6) is -1.92. The Morgan fingerprint density at radius 2 is 2.00 bits per heavy atom. The van der Waals surface area contributed by atoms with Crippen molar-refractivity contribution in [1.82, 2.24) is 0 Å². The van der Waals surface area contributed by atoms with Gasteiger partial charge in [-0.1, -0.05) is 18.2 Å². The zero-order valence-electron chi connectivity index (χ0n) is 15.9. The number of phenolic OH excluding ortho intramolecular Hbond substituents is 1. The number of hydrogen-bond donors (Lipinski definition) is 3. The molecule has 0 saturated heterocycles. The second kappa shape index (κ2) is 7.79. The molecule has 1 aromatic heterocycles. The van der Waals surface area contributed by atoms with Gasteiger partial charge in [-0.05, 0) is 42.3 Å². The summed E-state index contributed by atoms with van der Waals surface area (Å²) in [5.41, 5.74) is 2.03. The van der Waals surface area contributed by atoms with Crippen LogP contribution in [0.25, 0.3) is 11.1 Å². The van der Waals surface area contributed by atoms with Crippen LogP contribution in [0.3, 0.4) is 0 Å². The number of nitrogens with one attached hydrogen (secondary N) is 1. The van der Waals surface area contributed by atoms with E-state index in [1.807, 2.05) is 0 Å². The summed E-state index contributed by atoms with van der Waals surface area (Å²) in [5, 5.41) is 22.6.